The zero-order valence-electron chi connectivity index (χ0n) is 21.1. The highest BCUT2D eigenvalue weighted by molar-refractivity contribution is 7.21. The second kappa shape index (κ2) is 10.4. The van der Waals surface area contributed by atoms with Gasteiger partial charge in [-0.2, -0.15) is 0 Å². The molecule has 1 N–H and O–H groups in total. The summed E-state index contributed by atoms with van der Waals surface area (Å²) < 4.78 is 17.5. The van der Waals surface area contributed by atoms with Gasteiger partial charge in [-0.1, -0.05) is 6.07 Å². The first-order chi connectivity index (χ1) is 18.9. The number of ether oxygens (including phenoxy) is 3. The van der Waals surface area contributed by atoms with E-state index in [-0.39, 0.29) is 18.9 Å². The maximum atomic E-state index is 12.6. The molecule has 0 saturated carbocycles. The Hall–Kier alpha value is -4.44. The van der Waals surface area contributed by atoms with E-state index >= 15 is 0 Å². The minimum absolute atomic E-state index is 0.0156. The quantitative estimate of drug-likeness (QED) is 0.355. The van der Waals surface area contributed by atoms with Gasteiger partial charge in [0.1, 0.15) is 18.2 Å². The molecular formula is C29H25N3O6S. The van der Waals surface area contributed by atoms with Crippen molar-refractivity contribution in [3.8, 4) is 22.1 Å². The number of aryl methyl sites for hydroxylation is 1. The predicted molar refractivity (Wildman–Crippen MR) is 147 cm³/mol. The fourth-order valence-corrected chi connectivity index (χ4v) is 5.69. The first kappa shape index (κ1) is 24.9. The lowest BCUT2D eigenvalue weighted by molar-refractivity contribution is -0.151. The second-order valence-electron chi connectivity index (χ2n) is 9.46. The number of hydrogen-bond donors (Lipinski definition) is 1. The van der Waals surface area contributed by atoms with Crippen molar-refractivity contribution in [3.05, 3.63) is 66.2 Å². The summed E-state index contributed by atoms with van der Waals surface area (Å²) in [6.07, 6.45) is 0.0156. The molecule has 3 heterocycles. The van der Waals surface area contributed by atoms with Crippen LogP contribution in [-0.4, -0.2) is 49.1 Å². The maximum Gasteiger partial charge on any atom is 0.311 e. The Labute approximate surface area is 228 Å². The van der Waals surface area contributed by atoms with Gasteiger partial charge in [0.2, 0.25) is 5.91 Å². The Morgan fingerprint density at radius 2 is 1.85 bits per heavy atom. The monoisotopic (exact) mass is 543 g/mol. The highest BCUT2D eigenvalue weighted by atomic mass is 32.1. The molecule has 0 radical (unpaired) electrons. The largest absolute Gasteiger partial charge is 0.486 e. The molecule has 1 fully saturated rings. The molecule has 39 heavy (non-hydrogen) atoms. The number of carbonyl (C=O) groups is 3. The Kier molecular flexibility index (Phi) is 6.62. The first-order valence-corrected chi connectivity index (χ1v) is 13.4. The summed E-state index contributed by atoms with van der Waals surface area (Å²) in [4.78, 5) is 43.8. The molecule has 10 heteroatoms. The summed E-state index contributed by atoms with van der Waals surface area (Å²) in [6.45, 7) is 2.70. The lowest BCUT2D eigenvalue weighted by Gasteiger charge is -2.22. The van der Waals surface area contributed by atoms with Crippen LogP contribution in [0.2, 0.25) is 0 Å². The molecule has 198 valence electrons. The van der Waals surface area contributed by atoms with Crippen molar-refractivity contribution in [2.45, 2.75) is 13.3 Å². The number of fused-ring (bicyclic) bond motifs is 2. The number of hydrogen-bond acceptors (Lipinski definition) is 8. The molecule has 0 spiro atoms. The molecular weight excluding hydrogens is 518 g/mol. The van der Waals surface area contributed by atoms with E-state index in [1.165, 1.54) is 10.5 Å². The summed E-state index contributed by atoms with van der Waals surface area (Å²) in [6, 6.07) is 18.8. The average Bonchev–Trinajstić information content (AvgIpc) is 3.55. The van der Waals surface area contributed by atoms with Crippen molar-refractivity contribution in [1.29, 1.82) is 0 Å². The third-order valence-electron chi connectivity index (χ3n) is 6.60. The number of carbonyl (C=O) groups excluding carboxylic acids is 3. The smallest absolute Gasteiger partial charge is 0.311 e. The van der Waals surface area contributed by atoms with Gasteiger partial charge in [0, 0.05) is 36.0 Å². The average molecular weight is 544 g/mol. The molecule has 9 nitrogen and oxygen atoms in total. The number of benzene rings is 3. The van der Waals surface area contributed by atoms with E-state index in [9.17, 15) is 14.4 Å². The van der Waals surface area contributed by atoms with E-state index in [0.29, 0.717) is 36.1 Å². The maximum absolute atomic E-state index is 12.6. The van der Waals surface area contributed by atoms with Gasteiger partial charge in [0.05, 0.1) is 16.1 Å². The van der Waals surface area contributed by atoms with Crippen LogP contribution < -0.4 is 19.7 Å². The van der Waals surface area contributed by atoms with Crippen molar-refractivity contribution >= 4 is 50.7 Å². The van der Waals surface area contributed by atoms with E-state index in [1.54, 1.807) is 41.7 Å². The minimum Gasteiger partial charge on any atom is -0.486 e. The molecule has 0 bridgehead atoms. The molecule has 0 aliphatic carbocycles. The first-order valence-electron chi connectivity index (χ1n) is 12.6. The van der Waals surface area contributed by atoms with Crippen LogP contribution in [0.4, 0.5) is 11.4 Å². The normalized spacial score (nSPS) is 16.4. The van der Waals surface area contributed by atoms with Crippen LogP contribution in [0.25, 0.3) is 20.8 Å². The lowest BCUT2D eigenvalue weighted by Crippen LogP contribution is -2.28. The number of anilines is 2. The molecule has 0 unspecified atom stereocenters. The van der Waals surface area contributed by atoms with Crippen molar-refractivity contribution in [3.63, 3.8) is 0 Å². The van der Waals surface area contributed by atoms with Crippen LogP contribution in [0.15, 0.2) is 60.7 Å². The lowest BCUT2D eigenvalue weighted by atomic mass is 10.1. The molecule has 6 rings (SSSR count). The van der Waals surface area contributed by atoms with Crippen LogP contribution in [0.5, 0.6) is 11.5 Å². The number of nitrogens with one attached hydrogen (secondary N) is 1. The van der Waals surface area contributed by atoms with E-state index < -0.39 is 24.4 Å². The van der Waals surface area contributed by atoms with E-state index in [2.05, 4.69) is 23.3 Å². The Balaban J connectivity index is 1.02. The molecule has 1 atom stereocenters. The third-order valence-corrected chi connectivity index (χ3v) is 7.67. The second-order valence-corrected chi connectivity index (χ2v) is 10.5. The van der Waals surface area contributed by atoms with Gasteiger partial charge in [-0.15, -0.1) is 11.3 Å². The molecule has 1 saturated heterocycles. The number of esters is 1. The number of amides is 2. The van der Waals surface area contributed by atoms with Crippen LogP contribution >= 0.6 is 11.3 Å². The van der Waals surface area contributed by atoms with Gasteiger partial charge in [0.25, 0.3) is 5.91 Å². The van der Waals surface area contributed by atoms with E-state index in [4.69, 9.17) is 14.2 Å². The van der Waals surface area contributed by atoms with Gasteiger partial charge >= 0.3 is 5.97 Å². The number of thiazole rings is 1. The molecule has 2 aliphatic heterocycles. The van der Waals surface area contributed by atoms with Crippen molar-refractivity contribution < 1.29 is 28.6 Å². The Bertz CT molecular complexity index is 1580. The fourth-order valence-electron chi connectivity index (χ4n) is 4.62. The van der Waals surface area contributed by atoms with Crippen LogP contribution in [0.1, 0.15) is 12.0 Å². The molecule has 3 aromatic carbocycles. The minimum atomic E-state index is -0.657. The zero-order chi connectivity index (χ0) is 26.9. The van der Waals surface area contributed by atoms with Crippen molar-refractivity contribution in [2.75, 3.05) is 36.6 Å². The highest BCUT2D eigenvalue weighted by Gasteiger charge is 2.36. The predicted octanol–water partition coefficient (Wildman–Crippen LogP) is 4.58. The summed E-state index contributed by atoms with van der Waals surface area (Å²) in [5.41, 5.74) is 4.30. The van der Waals surface area contributed by atoms with Crippen molar-refractivity contribution in [1.82, 2.24) is 4.98 Å². The van der Waals surface area contributed by atoms with E-state index in [0.717, 1.165) is 20.8 Å². The van der Waals surface area contributed by atoms with Crippen LogP contribution in [0, 0.1) is 12.8 Å². The molecule has 1 aromatic heterocycles. The number of rotatable bonds is 6. The van der Waals surface area contributed by atoms with E-state index in [1.807, 2.05) is 24.3 Å². The van der Waals surface area contributed by atoms with Crippen LogP contribution in [-0.2, 0) is 19.1 Å². The SMILES string of the molecule is Cc1ccc2nc(-c3ccc(NC(=O)COC(=O)[C@@H]4CC(=O)N(c5ccc6c(c5)OCCO6)C4)cc3)sc2c1. The standard InChI is InChI=1S/C29H25N3O6S/c1-17-2-8-22-25(12-17)39-28(31-22)18-3-5-20(6-4-18)30-26(33)16-38-29(35)19-13-27(34)32(15-19)21-7-9-23-24(14-21)37-11-10-36-23/h2-9,12,14,19H,10-11,13,15-16H2,1H3,(H,30,33)/t19-/m1/s1. The molecule has 4 aromatic rings. The summed E-state index contributed by atoms with van der Waals surface area (Å²) in [5.74, 6) is -0.700. The van der Waals surface area contributed by atoms with Crippen LogP contribution in [0.3, 0.4) is 0 Å². The third kappa shape index (κ3) is 5.28. The van der Waals surface area contributed by atoms with Gasteiger partial charge < -0.3 is 24.4 Å². The van der Waals surface area contributed by atoms with Crippen molar-refractivity contribution in [2.24, 2.45) is 5.92 Å². The Morgan fingerprint density at radius 1 is 1.05 bits per heavy atom. The number of aromatic nitrogens is 1. The summed E-state index contributed by atoms with van der Waals surface area (Å²) in [7, 11) is 0. The van der Waals surface area contributed by atoms with Gasteiger partial charge in [-0.3, -0.25) is 14.4 Å². The van der Waals surface area contributed by atoms with Gasteiger partial charge in [0.15, 0.2) is 18.1 Å². The summed E-state index contributed by atoms with van der Waals surface area (Å²) in [5, 5.41) is 3.64. The highest BCUT2D eigenvalue weighted by Crippen LogP contribution is 2.36. The summed E-state index contributed by atoms with van der Waals surface area (Å²) >= 11 is 1.62. The Morgan fingerprint density at radius 3 is 2.67 bits per heavy atom. The topological polar surface area (TPSA) is 107 Å². The number of nitrogens with zero attached hydrogens (tertiary/aromatic N) is 2. The van der Waals surface area contributed by atoms with Gasteiger partial charge in [-0.25, -0.2) is 4.98 Å². The van der Waals surface area contributed by atoms with Gasteiger partial charge in [-0.05, 0) is 61.0 Å². The molecule has 2 amide bonds. The molecule has 2 aliphatic rings. The fraction of sp³-hybridized carbons (Fsp3) is 0.241. The zero-order valence-corrected chi connectivity index (χ0v) is 22.0.